The minimum absolute atomic E-state index is 0.0157. The maximum atomic E-state index is 13.3. The molecule has 0 spiro atoms. The highest BCUT2D eigenvalue weighted by molar-refractivity contribution is 6.02. The molecule has 0 radical (unpaired) electrons. The lowest BCUT2D eigenvalue weighted by atomic mass is 9.68. The molecule has 3 aliphatic heterocycles. The molecule has 5 atom stereocenters. The van der Waals surface area contributed by atoms with Crippen molar-refractivity contribution in [3.05, 3.63) is 11.1 Å². The predicted molar refractivity (Wildman–Crippen MR) is 214 cm³/mol. The van der Waals surface area contributed by atoms with Gasteiger partial charge in [0, 0.05) is 64.3 Å². The smallest absolute Gasteiger partial charge is 0.249 e. The van der Waals surface area contributed by atoms with Crippen LogP contribution in [-0.2, 0) is 19.1 Å². The number of allylic oxidation sites excluding steroid dienone is 2. The van der Waals surface area contributed by atoms with Gasteiger partial charge < -0.3 is 24.7 Å². The number of ether oxygens (including phenoxy) is 1. The highest BCUT2D eigenvalue weighted by Gasteiger charge is 2.49. The summed E-state index contributed by atoms with van der Waals surface area (Å²) in [6.45, 7) is 10.6. The molecule has 0 bridgehead atoms. The summed E-state index contributed by atoms with van der Waals surface area (Å²) in [5.74, 6) is 2.00. The van der Waals surface area contributed by atoms with Gasteiger partial charge in [-0.05, 0) is 140 Å². The number of nitrogens with zero attached hydrogens (tertiary/aromatic N) is 3. The van der Waals surface area contributed by atoms with Crippen LogP contribution in [0.2, 0.25) is 0 Å². The number of carbonyl (C=O) groups excluding carboxylic acids is 3. The zero-order valence-corrected chi connectivity index (χ0v) is 34.4. The van der Waals surface area contributed by atoms with Crippen molar-refractivity contribution in [2.24, 2.45) is 29.6 Å². The van der Waals surface area contributed by atoms with E-state index in [1.165, 1.54) is 51.4 Å². The number of fused-ring (bicyclic) bond motifs is 1. The molecular formula is C45H74N4O6. The summed E-state index contributed by atoms with van der Waals surface area (Å²) >= 11 is 0. The molecule has 4 aliphatic carbocycles. The van der Waals surface area contributed by atoms with Crippen molar-refractivity contribution in [3.63, 3.8) is 0 Å². The number of carbonyl (C=O) groups is 3. The molecule has 55 heavy (non-hydrogen) atoms. The number of imide groups is 1. The number of rotatable bonds is 13. The molecule has 3 heterocycles. The standard InChI is InChI=1S/C45H74N4O6/c1-3-38(31-7-5-4-6-8-31)42(32-9-14-36(50)15-10-32)33-11-16-37(17-12-33)55-28-22-45(2,54)21-23-47-24-26-48(27-25-47)35-13-18-39-34(29-35)30-49(44(39)53)40-19-20-41(51)46-43(40)52/h31-37,39-40,50,54H,3-30H2,1-2H3,(H,46,51,52)/b42-38-. The summed E-state index contributed by atoms with van der Waals surface area (Å²) in [5.41, 5.74) is 2.88. The van der Waals surface area contributed by atoms with Crippen LogP contribution in [0.4, 0.5) is 0 Å². The quantitative estimate of drug-likeness (QED) is 0.155. The van der Waals surface area contributed by atoms with Crippen molar-refractivity contribution in [2.75, 3.05) is 45.9 Å². The molecule has 7 aliphatic rings. The Morgan fingerprint density at radius 1 is 0.818 bits per heavy atom. The molecule has 7 fully saturated rings. The Kier molecular flexibility index (Phi) is 14.1. The van der Waals surface area contributed by atoms with Gasteiger partial charge in [-0.2, -0.15) is 0 Å². The van der Waals surface area contributed by atoms with E-state index in [9.17, 15) is 24.6 Å². The Morgan fingerprint density at radius 2 is 1.51 bits per heavy atom. The van der Waals surface area contributed by atoms with Crippen LogP contribution in [0.3, 0.4) is 0 Å². The van der Waals surface area contributed by atoms with E-state index in [-0.39, 0.29) is 35.7 Å². The van der Waals surface area contributed by atoms with Gasteiger partial charge in [0.15, 0.2) is 0 Å². The molecule has 310 valence electrons. The first-order valence-electron chi connectivity index (χ1n) is 22.9. The number of piperidine rings is 1. The van der Waals surface area contributed by atoms with Crippen LogP contribution in [0.5, 0.6) is 0 Å². The van der Waals surface area contributed by atoms with E-state index in [0.717, 1.165) is 103 Å². The van der Waals surface area contributed by atoms with Crippen LogP contribution in [0.25, 0.3) is 0 Å². The predicted octanol–water partition coefficient (Wildman–Crippen LogP) is 5.98. The first-order valence-corrected chi connectivity index (χ1v) is 22.9. The number of likely N-dealkylation sites (tertiary alicyclic amines) is 1. The number of amides is 3. The lowest BCUT2D eigenvalue weighted by Gasteiger charge is -2.43. The van der Waals surface area contributed by atoms with Gasteiger partial charge in [0.25, 0.3) is 0 Å². The van der Waals surface area contributed by atoms with Crippen molar-refractivity contribution >= 4 is 17.7 Å². The number of piperazine rings is 1. The Bertz CT molecular complexity index is 1340. The van der Waals surface area contributed by atoms with Gasteiger partial charge in [-0.3, -0.25) is 24.6 Å². The third-order valence-electron chi connectivity index (χ3n) is 15.6. The minimum atomic E-state index is -0.742. The molecule has 10 nitrogen and oxygen atoms in total. The molecule has 3 saturated heterocycles. The fourth-order valence-electron chi connectivity index (χ4n) is 12.2. The minimum Gasteiger partial charge on any atom is -0.393 e. The second-order valence-corrected chi connectivity index (χ2v) is 19.2. The Balaban J connectivity index is 0.808. The van der Waals surface area contributed by atoms with Crippen LogP contribution in [0.15, 0.2) is 11.1 Å². The van der Waals surface area contributed by atoms with E-state index < -0.39 is 11.6 Å². The first-order chi connectivity index (χ1) is 26.6. The van der Waals surface area contributed by atoms with Crippen LogP contribution in [0.1, 0.15) is 149 Å². The molecule has 7 rings (SSSR count). The summed E-state index contributed by atoms with van der Waals surface area (Å²) in [6, 6.07) is -0.0198. The number of aliphatic hydroxyl groups excluding tert-OH is 1. The average molecular weight is 767 g/mol. The van der Waals surface area contributed by atoms with Crippen LogP contribution >= 0.6 is 0 Å². The Morgan fingerprint density at radius 3 is 2.18 bits per heavy atom. The molecule has 3 N–H and O–H groups in total. The fraction of sp³-hybridized carbons (Fsp3) is 0.889. The first kappa shape index (κ1) is 41.3. The molecule has 0 aromatic carbocycles. The van der Waals surface area contributed by atoms with E-state index in [1.807, 2.05) is 12.5 Å². The molecule has 5 unspecified atom stereocenters. The Hall–Kier alpha value is -1.85. The number of hydrogen-bond acceptors (Lipinski definition) is 8. The van der Waals surface area contributed by atoms with Gasteiger partial charge in [-0.15, -0.1) is 0 Å². The number of aliphatic hydroxyl groups is 2. The second-order valence-electron chi connectivity index (χ2n) is 19.2. The lowest BCUT2D eigenvalue weighted by Crippen LogP contribution is -2.53. The van der Waals surface area contributed by atoms with Gasteiger partial charge in [0.05, 0.1) is 17.8 Å². The van der Waals surface area contributed by atoms with Crippen LogP contribution in [0, 0.1) is 29.6 Å². The van der Waals surface area contributed by atoms with Crippen molar-refractivity contribution < 1.29 is 29.3 Å². The SMILES string of the molecule is CC/C(=C(\C1CCC(O)CC1)C1CCC(OCCC(C)(O)CCN2CCN(C3CCC4C(=O)N(C5CCC(=O)NC5=O)CC4C3)CC2)CC1)C1CCCCC1. The van der Waals surface area contributed by atoms with E-state index in [0.29, 0.717) is 56.4 Å². The van der Waals surface area contributed by atoms with Crippen molar-refractivity contribution in [2.45, 2.75) is 179 Å². The van der Waals surface area contributed by atoms with E-state index in [4.69, 9.17) is 4.74 Å². The van der Waals surface area contributed by atoms with Crippen molar-refractivity contribution in [1.82, 2.24) is 20.0 Å². The summed E-state index contributed by atoms with van der Waals surface area (Å²) in [6.07, 6.45) is 22.3. The van der Waals surface area contributed by atoms with Crippen LogP contribution < -0.4 is 5.32 Å². The topological polar surface area (TPSA) is 123 Å². The van der Waals surface area contributed by atoms with E-state index in [1.54, 1.807) is 10.5 Å². The summed E-state index contributed by atoms with van der Waals surface area (Å²) < 4.78 is 6.48. The Labute approximate surface area is 331 Å². The summed E-state index contributed by atoms with van der Waals surface area (Å²) in [4.78, 5) is 44.3. The largest absolute Gasteiger partial charge is 0.393 e. The maximum absolute atomic E-state index is 13.3. The number of hydrogen-bond donors (Lipinski definition) is 3. The third-order valence-corrected chi connectivity index (χ3v) is 15.6. The van der Waals surface area contributed by atoms with Crippen molar-refractivity contribution in [1.29, 1.82) is 0 Å². The molecule has 0 aromatic rings. The molecular weight excluding hydrogens is 693 g/mol. The fourth-order valence-corrected chi connectivity index (χ4v) is 12.2. The van der Waals surface area contributed by atoms with Gasteiger partial charge in [-0.25, -0.2) is 0 Å². The lowest BCUT2D eigenvalue weighted by molar-refractivity contribution is -0.144. The molecule has 10 heteroatoms. The van der Waals surface area contributed by atoms with Gasteiger partial charge in [0.2, 0.25) is 17.7 Å². The van der Waals surface area contributed by atoms with Crippen LogP contribution in [-0.4, -0.2) is 118 Å². The van der Waals surface area contributed by atoms with Gasteiger partial charge >= 0.3 is 0 Å². The highest BCUT2D eigenvalue weighted by atomic mass is 16.5. The van der Waals surface area contributed by atoms with Gasteiger partial charge in [0.1, 0.15) is 6.04 Å². The van der Waals surface area contributed by atoms with E-state index in [2.05, 4.69) is 22.0 Å². The third kappa shape index (κ3) is 10.2. The zero-order chi connectivity index (χ0) is 38.5. The maximum Gasteiger partial charge on any atom is 0.249 e. The summed E-state index contributed by atoms with van der Waals surface area (Å²) in [7, 11) is 0. The monoisotopic (exact) mass is 767 g/mol. The molecule has 4 saturated carbocycles. The summed E-state index contributed by atoms with van der Waals surface area (Å²) in [5, 5.41) is 24.1. The molecule has 0 aromatic heterocycles. The van der Waals surface area contributed by atoms with Crippen molar-refractivity contribution in [3.8, 4) is 0 Å². The van der Waals surface area contributed by atoms with Gasteiger partial charge in [-0.1, -0.05) is 37.3 Å². The highest BCUT2D eigenvalue weighted by Crippen LogP contribution is 2.46. The average Bonchev–Trinajstić information content (AvgIpc) is 3.52. The molecule has 3 amide bonds. The second kappa shape index (κ2) is 18.8. The normalized spacial score (nSPS) is 36.3. The number of nitrogens with one attached hydrogen (secondary N) is 1. The zero-order valence-electron chi connectivity index (χ0n) is 34.4. The van der Waals surface area contributed by atoms with E-state index >= 15 is 0 Å².